The molecule has 1 unspecified atom stereocenters. The van der Waals surface area contributed by atoms with Crippen LogP contribution in [0.15, 0.2) is 35.9 Å². The smallest absolute Gasteiger partial charge is 0.324 e. The highest BCUT2D eigenvalue weighted by Crippen LogP contribution is 2.30. The van der Waals surface area contributed by atoms with Gasteiger partial charge in [-0.05, 0) is 43.7 Å². The Balaban J connectivity index is 2.07. The summed E-state index contributed by atoms with van der Waals surface area (Å²) in [6.07, 6.45) is 3.87. The molecule has 2 rings (SSSR count). The SMILES string of the molecule is NC(Cc1cccc(C(F)(F)F)c1)C1=CCCCCC1. The topological polar surface area (TPSA) is 26.0 Å². The lowest BCUT2D eigenvalue weighted by Gasteiger charge is -2.16. The zero-order valence-electron chi connectivity index (χ0n) is 11.4. The van der Waals surface area contributed by atoms with Crippen LogP contribution < -0.4 is 5.73 Å². The number of allylic oxidation sites excluding steroid dienone is 1. The number of hydrogen-bond donors (Lipinski definition) is 1. The molecule has 0 spiro atoms. The van der Waals surface area contributed by atoms with Crippen LogP contribution in [0.3, 0.4) is 0 Å². The molecule has 0 amide bonds. The first-order chi connectivity index (χ1) is 9.47. The van der Waals surface area contributed by atoms with Crippen LogP contribution in [-0.4, -0.2) is 6.04 Å². The van der Waals surface area contributed by atoms with E-state index in [-0.39, 0.29) is 6.04 Å². The second-order valence-electron chi connectivity index (χ2n) is 5.39. The molecule has 0 aromatic heterocycles. The van der Waals surface area contributed by atoms with Gasteiger partial charge in [-0.1, -0.05) is 36.3 Å². The van der Waals surface area contributed by atoms with Crippen molar-refractivity contribution in [3.63, 3.8) is 0 Å². The number of rotatable bonds is 3. The van der Waals surface area contributed by atoms with Crippen molar-refractivity contribution in [2.75, 3.05) is 0 Å². The third-order valence-corrected chi connectivity index (χ3v) is 3.76. The molecule has 110 valence electrons. The largest absolute Gasteiger partial charge is 0.416 e. The van der Waals surface area contributed by atoms with Crippen LogP contribution >= 0.6 is 0 Å². The minimum Gasteiger partial charge on any atom is -0.324 e. The number of nitrogens with two attached hydrogens (primary N) is 1. The van der Waals surface area contributed by atoms with Gasteiger partial charge in [0.05, 0.1) is 5.56 Å². The zero-order valence-corrected chi connectivity index (χ0v) is 11.4. The molecular weight excluding hydrogens is 263 g/mol. The molecule has 1 aromatic carbocycles. The van der Waals surface area contributed by atoms with E-state index in [1.54, 1.807) is 6.07 Å². The van der Waals surface area contributed by atoms with Crippen molar-refractivity contribution in [2.45, 2.75) is 50.7 Å². The summed E-state index contributed by atoms with van der Waals surface area (Å²) >= 11 is 0. The molecule has 4 heteroatoms. The minimum atomic E-state index is -4.29. The monoisotopic (exact) mass is 283 g/mol. The molecule has 1 aliphatic rings. The Kier molecular flexibility index (Phi) is 4.86. The highest BCUT2D eigenvalue weighted by molar-refractivity contribution is 5.28. The van der Waals surface area contributed by atoms with E-state index in [1.807, 2.05) is 0 Å². The first-order valence-corrected chi connectivity index (χ1v) is 7.07. The summed E-state index contributed by atoms with van der Waals surface area (Å²) in [4.78, 5) is 0. The lowest BCUT2D eigenvalue weighted by molar-refractivity contribution is -0.137. The van der Waals surface area contributed by atoms with Crippen LogP contribution in [0.5, 0.6) is 0 Å². The van der Waals surface area contributed by atoms with Crippen LogP contribution in [0.2, 0.25) is 0 Å². The Morgan fingerprint density at radius 3 is 2.70 bits per heavy atom. The van der Waals surface area contributed by atoms with E-state index < -0.39 is 11.7 Å². The Labute approximate surface area is 117 Å². The Morgan fingerprint density at radius 2 is 1.95 bits per heavy atom. The summed E-state index contributed by atoms with van der Waals surface area (Å²) in [5.74, 6) is 0. The fourth-order valence-corrected chi connectivity index (χ4v) is 2.64. The maximum atomic E-state index is 12.7. The van der Waals surface area contributed by atoms with Crippen LogP contribution in [0.4, 0.5) is 13.2 Å². The lowest BCUT2D eigenvalue weighted by atomic mass is 9.95. The van der Waals surface area contributed by atoms with Crippen molar-refractivity contribution < 1.29 is 13.2 Å². The third kappa shape index (κ3) is 4.10. The molecule has 2 N–H and O–H groups in total. The van der Waals surface area contributed by atoms with Crippen molar-refractivity contribution in [3.05, 3.63) is 47.0 Å². The molecule has 1 nitrogen and oxygen atoms in total. The van der Waals surface area contributed by atoms with E-state index >= 15 is 0 Å². The predicted molar refractivity (Wildman–Crippen MR) is 74.3 cm³/mol. The fourth-order valence-electron chi connectivity index (χ4n) is 2.64. The molecule has 0 saturated carbocycles. The van der Waals surface area contributed by atoms with Crippen molar-refractivity contribution in [1.82, 2.24) is 0 Å². The van der Waals surface area contributed by atoms with Gasteiger partial charge in [0.1, 0.15) is 0 Å². The van der Waals surface area contributed by atoms with Gasteiger partial charge in [0, 0.05) is 6.04 Å². The van der Waals surface area contributed by atoms with Crippen molar-refractivity contribution >= 4 is 0 Å². The maximum Gasteiger partial charge on any atom is 0.416 e. The van der Waals surface area contributed by atoms with E-state index in [2.05, 4.69) is 6.08 Å². The molecular formula is C16H20F3N. The summed E-state index contributed by atoms with van der Waals surface area (Å²) in [7, 11) is 0. The van der Waals surface area contributed by atoms with E-state index in [1.165, 1.54) is 30.5 Å². The average molecular weight is 283 g/mol. The number of alkyl halides is 3. The molecule has 1 atom stereocenters. The molecule has 0 saturated heterocycles. The maximum absolute atomic E-state index is 12.7. The fraction of sp³-hybridized carbons (Fsp3) is 0.500. The molecule has 0 bridgehead atoms. The van der Waals surface area contributed by atoms with Crippen molar-refractivity contribution in [1.29, 1.82) is 0 Å². The summed E-state index contributed by atoms with van der Waals surface area (Å²) in [6, 6.07) is 5.30. The summed E-state index contributed by atoms with van der Waals surface area (Å²) in [6.45, 7) is 0. The third-order valence-electron chi connectivity index (χ3n) is 3.76. The quantitative estimate of drug-likeness (QED) is 0.814. The van der Waals surface area contributed by atoms with Crippen LogP contribution in [0.1, 0.15) is 43.2 Å². The van der Waals surface area contributed by atoms with Gasteiger partial charge >= 0.3 is 6.18 Å². The molecule has 0 aliphatic heterocycles. The first kappa shape index (κ1) is 15.1. The summed E-state index contributed by atoms with van der Waals surface area (Å²) < 4.78 is 38.0. The second-order valence-corrected chi connectivity index (χ2v) is 5.39. The van der Waals surface area contributed by atoms with E-state index in [0.29, 0.717) is 12.0 Å². The standard InChI is InChI=1S/C16H20F3N/c17-16(18,19)14-9-5-6-12(10-14)11-15(20)13-7-3-1-2-4-8-13/h5-7,9-10,15H,1-4,8,11,20H2. The van der Waals surface area contributed by atoms with Crippen LogP contribution in [0, 0.1) is 0 Å². The van der Waals surface area contributed by atoms with Gasteiger partial charge in [-0.25, -0.2) is 0 Å². The second kappa shape index (κ2) is 6.44. The number of halogens is 3. The minimum absolute atomic E-state index is 0.170. The van der Waals surface area contributed by atoms with Crippen LogP contribution in [-0.2, 0) is 12.6 Å². The van der Waals surface area contributed by atoms with Gasteiger partial charge in [-0.2, -0.15) is 13.2 Å². The Morgan fingerprint density at radius 1 is 1.15 bits per heavy atom. The van der Waals surface area contributed by atoms with E-state index in [0.717, 1.165) is 25.3 Å². The van der Waals surface area contributed by atoms with E-state index in [9.17, 15) is 13.2 Å². The molecule has 0 radical (unpaired) electrons. The zero-order chi connectivity index (χ0) is 14.6. The Bertz CT molecular complexity index is 477. The summed E-state index contributed by atoms with van der Waals surface area (Å²) in [5, 5.41) is 0. The highest BCUT2D eigenvalue weighted by Gasteiger charge is 2.30. The van der Waals surface area contributed by atoms with Crippen molar-refractivity contribution in [2.24, 2.45) is 5.73 Å². The first-order valence-electron chi connectivity index (χ1n) is 7.07. The molecule has 0 fully saturated rings. The summed E-state index contributed by atoms with van der Waals surface area (Å²) in [5.41, 5.74) is 7.40. The van der Waals surface area contributed by atoms with Crippen molar-refractivity contribution in [3.8, 4) is 0 Å². The lowest BCUT2D eigenvalue weighted by Crippen LogP contribution is -2.25. The van der Waals surface area contributed by atoms with Gasteiger partial charge in [0.15, 0.2) is 0 Å². The normalized spacial score (nSPS) is 18.3. The molecule has 1 aromatic rings. The average Bonchev–Trinajstić information content (AvgIpc) is 2.67. The molecule has 0 heterocycles. The Hall–Kier alpha value is -1.29. The van der Waals surface area contributed by atoms with Gasteiger partial charge < -0.3 is 5.73 Å². The van der Waals surface area contributed by atoms with Crippen LogP contribution in [0.25, 0.3) is 0 Å². The van der Waals surface area contributed by atoms with Gasteiger partial charge in [-0.15, -0.1) is 0 Å². The van der Waals surface area contributed by atoms with Gasteiger partial charge in [0.25, 0.3) is 0 Å². The van der Waals surface area contributed by atoms with Gasteiger partial charge in [-0.3, -0.25) is 0 Å². The van der Waals surface area contributed by atoms with Gasteiger partial charge in [0.2, 0.25) is 0 Å². The predicted octanol–water partition coefficient (Wildman–Crippen LogP) is 4.47. The van der Waals surface area contributed by atoms with E-state index in [4.69, 9.17) is 5.73 Å². The number of hydrogen-bond acceptors (Lipinski definition) is 1. The highest BCUT2D eigenvalue weighted by atomic mass is 19.4. The number of benzene rings is 1. The molecule has 20 heavy (non-hydrogen) atoms. The molecule has 1 aliphatic carbocycles.